The van der Waals surface area contributed by atoms with Gasteiger partial charge in [-0.15, -0.1) is 0 Å². The highest BCUT2D eigenvalue weighted by atomic mass is 19.1. The monoisotopic (exact) mass is 443 g/mol. The number of carbonyl (C=O) groups is 1. The topological polar surface area (TPSA) is 110 Å². The van der Waals surface area contributed by atoms with Gasteiger partial charge in [-0.2, -0.15) is 5.10 Å². The second kappa shape index (κ2) is 9.09. The van der Waals surface area contributed by atoms with E-state index in [9.17, 15) is 14.3 Å². The molecule has 1 atom stereocenters. The predicted octanol–water partition coefficient (Wildman–Crippen LogP) is 2.65. The molecule has 2 aromatic heterocycles. The molecule has 32 heavy (non-hydrogen) atoms. The Labute approximate surface area is 184 Å². The molecule has 1 amide bonds. The molecular weight excluding hydrogens is 417 g/mol. The van der Waals surface area contributed by atoms with E-state index in [1.54, 1.807) is 0 Å². The maximum atomic E-state index is 13.4. The molecule has 1 aliphatic rings. The maximum Gasteiger partial charge on any atom is 0.261 e. The van der Waals surface area contributed by atoms with Gasteiger partial charge in [0.15, 0.2) is 11.5 Å². The first-order valence-electron chi connectivity index (χ1n) is 10.5. The van der Waals surface area contributed by atoms with Crippen LogP contribution < -0.4 is 15.4 Å². The van der Waals surface area contributed by atoms with Gasteiger partial charge < -0.3 is 25.2 Å². The van der Waals surface area contributed by atoms with Crippen molar-refractivity contribution in [2.45, 2.75) is 32.3 Å². The van der Waals surface area contributed by atoms with E-state index in [0.29, 0.717) is 43.3 Å². The van der Waals surface area contributed by atoms with Gasteiger partial charge in [0.25, 0.3) is 5.91 Å². The summed E-state index contributed by atoms with van der Waals surface area (Å²) in [6.07, 6.45) is 5.00. The Hall–Kier alpha value is -3.24. The number of aliphatic hydroxyl groups excluding tert-OH is 1. The molecule has 0 aliphatic carbocycles. The molecule has 3 aromatic rings. The fourth-order valence-corrected chi connectivity index (χ4v) is 3.61. The van der Waals surface area contributed by atoms with Crippen molar-refractivity contribution in [1.29, 1.82) is 0 Å². The number of nitrogens with one attached hydrogen (secondary N) is 2. The molecule has 0 saturated heterocycles. The molecule has 0 saturated carbocycles. The van der Waals surface area contributed by atoms with Gasteiger partial charge >= 0.3 is 0 Å². The minimum absolute atomic E-state index is 0.123. The van der Waals surface area contributed by atoms with Crippen molar-refractivity contribution < 1.29 is 23.8 Å². The number of aromatic nitrogens is 3. The van der Waals surface area contributed by atoms with Crippen molar-refractivity contribution in [3.8, 4) is 5.75 Å². The number of nitrogens with zero attached hydrogens (tertiary/aromatic N) is 3. The van der Waals surface area contributed by atoms with Crippen molar-refractivity contribution in [1.82, 2.24) is 14.6 Å². The lowest BCUT2D eigenvalue weighted by molar-refractivity contribution is 0.0447. The Bertz CT molecular complexity index is 1130. The number of amides is 1. The van der Waals surface area contributed by atoms with E-state index in [2.05, 4.69) is 20.7 Å². The summed E-state index contributed by atoms with van der Waals surface area (Å²) >= 11 is 0. The smallest absolute Gasteiger partial charge is 0.261 e. The molecule has 1 aliphatic heterocycles. The minimum atomic E-state index is -0.705. The average molecular weight is 443 g/mol. The first kappa shape index (κ1) is 22.0. The number of halogens is 1. The summed E-state index contributed by atoms with van der Waals surface area (Å²) in [5.41, 5.74) is 1.86. The van der Waals surface area contributed by atoms with Gasteiger partial charge in [0.1, 0.15) is 16.9 Å². The highest BCUT2D eigenvalue weighted by Crippen LogP contribution is 2.40. The number of fused-ring (bicyclic) bond motifs is 2. The molecule has 10 heteroatoms. The SMILES string of the molecule is CCCOCCNc1cc2c(cc1NC(=O)c1cnn3cc(F)cnc13)CC(C)(CO)O2. The van der Waals surface area contributed by atoms with Gasteiger partial charge in [-0.25, -0.2) is 13.9 Å². The minimum Gasteiger partial charge on any atom is -0.484 e. The summed E-state index contributed by atoms with van der Waals surface area (Å²) in [6.45, 7) is 5.48. The standard InChI is InChI=1S/C22H26FN5O4/c1-3-5-31-6-4-24-17-8-19-14(9-22(2,13-29)32-19)7-18(17)27-21(30)16-11-26-28-12-15(23)10-25-20(16)28/h7-8,10-12,24,29H,3-6,9,13H2,1-2H3,(H,27,30). The van der Waals surface area contributed by atoms with Crippen LogP contribution in [0, 0.1) is 5.82 Å². The fourth-order valence-electron chi connectivity index (χ4n) is 3.61. The molecule has 1 unspecified atom stereocenters. The Kier molecular flexibility index (Phi) is 6.24. The van der Waals surface area contributed by atoms with E-state index in [1.165, 1.54) is 10.7 Å². The van der Waals surface area contributed by atoms with Gasteiger partial charge in [-0.1, -0.05) is 6.92 Å². The number of hydrogen-bond acceptors (Lipinski definition) is 7. The van der Waals surface area contributed by atoms with E-state index in [0.717, 1.165) is 24.4 Å². The Morgan fingerprint density at radius 2 is 2.19 bits per heavy atom. The lowest BCUT2D eigenvalue weighted by Gasteiger charge is -2.20. The van der Waals surface area contributed by atoms with Gasteiger partial charge in [0.2, 0.25) is 0 Å². The number of aliphatic hydroxyl groups is 1. The van der Waals surface area contributed by atoms with E-state index in [-0.39, 0.29) is 17.8 Å². The van der Waals surface area contributed by atoms with Gasteiger partial charge in [-0.05, 0) is 19.4 Å². The molecule has 0 spiro atoms. The fraction of sp³-hybridized carbons (Fsp3) is 0.409. The molecule has 0 radical (unpaired) electrons. The van der Waals surface area contributed by atoms with Gasteiger partial charge in [0.05, 0.1) is 43.2 Å². The van der Waals surface area contributed by atoms with Crippen LogP contribution in [0.2, 0.25) is 0 Å². The Morgan fingerprint density at radius 3 is 2.97 bits per heavy atom. The molecule has 3 heterocycles. The Morgan fingerprint density at radius 1 is 1.34 bits per heavy atom. The van der Waals surface area contributed by atoms with Crippen molar-refractivity contribution in [3.63, 3.8) is 0 Å². The lowest BCUT2D eigenvalue weighted by Crippen LogP contribution is -2.34. The van der Waals surface area contributed by atoms with E-state index in [1.807, 2.05) is 26.0 Å². The zero-order chi connectivity index (χ0) is 22.7. The zero-order valence-electron chi connectivity index (χ0n) is 18.0. The second-order valence-electron chi connectivity index (χ2n) is 7.98. The van der Waals surface area contributed by atoms with E-state index < -0.39 is 17.3 Å². The first-order valence-corrected chi connectivity index (χ1v) is 10.5. The first-order chi connectivity index (χ1) is 15.4. The number of ether oxygens (including phenoxy) is 2. The summed E-state index contributed by atoms with van der Waals surface area (Å²) in [7, 11) is 0. The number of anilines is 2. The highest BCUT2D eigenvalue weighted by molar-refractivity contribution is 6.09. The molecule has 0 fully saturated rings. The summed E-state index contributed by atoms with van der Waals surface area (Å²) in [5, 5.41) is 19.9. The van der Waals surface area contributed by atoms with Crippen LogP contribution in [0.5, 0.6) is 5.75 Å². The van der Waals surface area contributed by atoms with Crippen molar-refractivity contribution >= 4 is 22.9 Å². The van der Waals surface area contributed by atoms with Gasteiger partial charge in [0, 0.05) is 31.2 Å². The van der Waals surface area contributed by atoms with Crippen molar-refractivity contribution in [2.75, 3.05) is 37.0 Å². The Balaban J connectivity index is 1.59. The van der Waals surface area contributed by atoms with Gasteiger partial charge in [-0.3, -0.25) is 4.79 Å². The molecule has 3 N–H and O–H groups in total. The third kappa shape index (κ3) is 4.51. The van der Waals surface area contributed by atoms with Crippen LogP contribution in [0.1, 0.15) is 36.2 Å². The van der Waals surface area contributed by atoms with Crippen LogP contribution in [0.4, 0.5) is 15.8 Å². The number of carbonyl (C=O) groups excluding carboxylic acids is 1. The molecule has 4 rings (SSSR count). The van der Waals surface area contributed by atoms with Crippen LogP contribution in [-0.4, -0.2) is 57.6 Å². The summed E-state index contributed by atoms with van der Waals surface area (Å²) in [4.78, 5) is 17.0. The van der Waals surface area contributed by atoms with Crippen LogP contribution in [-0.2, 0) is 11.2 Å². The number of hydrogen-bond donors (Lipinski definition) is 3. The maximum absolute atomic E-state index is 13.4. The van der Waals surface area contributed by atoms with Crippen LogP contribution >= 0.6 is 0 Å². The second-order valence-corrected chi connectivity index (χ2v) is 7.98. The highest BCUT2D eigenvalue weighted by Gasteiger charge is 2.35. The largest absolute Gasteiger partial charge is 0.484 e. The average Bonchev–Trinajstić information content (AvgIpc) is 3.33. The summed E-state index contributed by atoms with van der Waals surface area (Å²) in [6, 6.07) is 3.65. The predicted molar refractivity (Wildman–Crippen MR) is 117 cm³/mol. The van der Waals surface area contributed by atoms with E-state index >= 15 is 0 Å². The zero-order valence-corrected chi connectivity index (χ0v) is 18.0. The number of benzene rings is 1. The molecule has 0 bridgehead atoms. The van der Waals surface area contributed by atoms with Crippen LogP contribution in [0.15, 0.2) is 30.7 Å². The molecule has 9 nitrogen and oxygen atoms in total. The third-order valence-corrected chi connectivity index (χ3v) is 5.18. The molecular formula is C22H26FN5O4. The lowest BCUT2D eigenvalue weighted by atomic mass is 9.99. The number of rotatable bonds is 9. The van der Waals surface area contributed by atoms with Crippen LogP contribution in [0.3, 0.4) is 0 Å². The normalized spacial score (nSPS) is 17.2. The van der Waals surface area contributed by atoms with Crippen molar-refractivity contribution in [3.05, 3.63) is 47.7 Å². The molecule has 1 aromatic carbocycles. The quantitative estimate of drug-likeness (QED) is 0.436. The van der Waals surface area contributed by atoms with Crippen molar-refractivity contribution in [2.24, 2.45) is 0 Å². The van der Waals surface area contributed by atoms with E-state index in [4.69, 9.17) is 9.47 Å². The third-order valence-electron chi connectivity index (χ3n) is 5.18. The summed E-state index contributed by atoms with van der Waals surface area (Å²) < 4.78 is 26.1. The molecule has 170 valence electrons. The summed E-state index contributed by atoms with van der Waals surface area (Å²) in [5.74, 6) is -0.312. The van der Waals surface area contributed by atoms with Crippen LogP contribution in [0.25, 0.3) is 5.65 Å².